The number of ether oxygens (including phenoxy) is 2. The van der Waals surface area contributed by atoms with Gasteiger partial charge in [0.15, 0.2) is 5.89 Å². The number of aromatic nitrogens is 1. The summed E-state index contributed by atoms with van der Waals surface area (Å²) in [6.07, 6.45) is 0. The van der Waals surface area contributed by atoms with Gasteiger partial charge in [-0.1, -0.05) is 0 Å². The fourth-order valence-electron chi connectivity index (χ4n) is 1.51. The number of hydrogen-bond donors (Lipinski definition) is 0. The van der Waals surface area contributed by atoms with Crippen LogP contribution in [0.2, 0.25) is 0 Å². The lowest BCUT2D eigenvalue weighted by Gasteiger charge is -2.18. The molecule has 1 aromatic heterocycles. The van der Waals surface area contributed by atoms with Gasteiger partial charge in [-0.2, -0.15) is 0 Å². The van der Waals surface area contributed by atoms with Gasteiger partial charge in [0.25, 0.3) is 5.91 Å². The van der Waals surface area contributed by atoms with Crippen LogP contribution >= 0.6 is 0 Å². The van der Waals surface area contributed by atoms with E-state index < -0.39 is 17.8 Å². The van der Waals surface area contributed by atoms with Crippen LogP contribution in [0.5, 0.6) is 0 Å². The lowest BCUT2D eigenvalue weighted by molar-refractivity contribution is -0.144. The highest BCUT2D eigenvalue weighted by Gasteiger charge is 2.26. The Morgan fingerprint density at radius 3 is 1.95 bits per heavy atom. The van der Waals surface area contributed by atoms with Crippen molar-refractivity contribution in [3.05, 3.63) is 17.3 Å². The molecule has 0 saturated heterocycles. The molecule has 0 fully saturated rings. The number of rotatable bonds is 5. The molecular formula is C12H16N2O6. The Kier molecular flexibility index (Phi) is 5.24. The third-order valence-corrected chi connectivity index (χ3v) is 2.48. The number of aryl methyl sites for hydroxylation is 2. The van der Waals surface area contributed by atoms with Gasteiger partial charge < -0.3 is 18.8 Å². The van der Waals surface area contributed by atoms with Gasteiger partial charge in [-0.05, 0) is 6.92 Å². The monoisotopic (exact) mass is 284 g/mol. The lowest BCUT2D eigenvalue weighted by Crippen LogP contribution is -2.40. The summed E-state index contributed by atoms with van der Waals surface area (Å²) >= 11 is 0. The first kappa shape index (κ1) is 15.7. The molecular weight excluding hydrogens is 268 g/mol. The molecule has 0 aliphatic carbocycles. The van der Waals surface area contributed by atoms with Crippen LogP contribution in [-0.2, 0) is 19.1 Å². The van der Waals surface area contributed by atoms with Crippen LogP contribution in [0.15, 0.2) is 4.42 Å². The van der Waals surface area contributed by atoms with Crippen LogP contribution in [0.4, 0.5) is 0 Å². The van der Waals surface area contributed by atoms with E-state index in [-0.39, 0.29) is 18.8 Å². The molecule has 0 aromatic carbocycles. The molecule has 1 heterocycles. The van der Waals surface area contributed by atoms with Crippen molar-refractivity contribution in [2.75, 3.05) is 27.3 Å². The highest BCUT2D eigenvalue weighted by molar-refractivity contribution is 5.96. The van der Waals surface area contributed by atoms with Crippen molar-refractivity contribution in [2.24, 2.45) is 0 Å². The first-order valence-electron chi connectivity index (χ1n) is 5.76. The van der Waals surface area contributed by atoms with Crippen LogP contribution in [0, 0.1) is 13.8 Å². The predicted molar refractivity (Wildman–Crippen MR) is 65.9 cm³/mol. The minimum absolute atomic E-state index is 0.0182. The molecule has 8 nitrogen and oxygen atoms in total. The molecule has 0 N–H and O–H groups in total. The Bertz CT molecular complexity index is 504. The smallest absolute Gasteiger partial charge is 0.325 e. The topological polar surface area (TPSA) is 98.9 Å². The van der Waals surface area contributed by atoms with Gasteiger partial charge in [-0.3, -0.25) is 14.4 Å². The van der Waals surface area contributed by atoms with Gasteiger partial charge in [0.1, 0.15) is 13.1 Å². The van der Waals surface area contributed by atoms with Crippen LogP contribution in [-0.4, -0.2) is 55.0 Å². The summed E-state index contributed by atoms with van der Waals surface area (Å²) in [5.74, 6) is -1.64. The number of methoxy groups -OCH3 is 2. The number of hydrogen-bond acceptors (Lipinski definition) is 7. The largest absolute Gasteiger partial charge is 0.468 e. The van der Waals surface area contributed by atoms with Crippen molar-refractivity contribution in [1.82, 2.24) is 9.88 Å². The first-order chi connectivity index (χ1) is 9.38. The van der Waals surface area contributed by atoms with Gasteiger partial charge in [0.2, 0.25) is 5.76 Å². The molecule has 0 unspecified atom stereocenters. The molecule has 0 bridgehead atoms. The molecule has 0 spiro atoms. The highest BCUT2D eigenvalue weighted by Crippen LogP contribution is 2.12. The van der Waals surface area contributed by atoms with E-state index >= 15 is 0 Å². The summed E-state index contributed by atoms with van der Waals surface area (Å²) in [7, 11) is 2.37. The Labute approximate surface area is 115 Å². The standard InChI is InChI=1S/C12H16N2O6/c1-7-11(20-8(2)13-7)12(17)14(5-9(15)18-3)6-10(16)19-4/h5-6H2,1-4H3. The summed E-state index contributed by atoms with van der Waals surface area (Å²) < 4.78 is 14.2. The van der Waals surface area contributed by atoms with E-state index in [1.165, 1.54) is 14.2 Å². The van der Waals surface area contributed by atoms with E-state index in [1.54, 1.807) is 13.8 Å². The Hall–Kier alpha value is -2.38. The molecule has 0 saturated carbocycles. The quantitative estimate of drug-likeness (QED) is 0.706. The average molecular weight is 284 g/mol. The third kappa shape index (κ3) is 3.81. The zero-order chi connectivity index (χ0) is 15.3. The lowest BCUT2D eigenvalue weighted by atomic mass is 10.3. The Morgan fingerprint density at radius 2 is 1.60 bits per heavy atom. The zero-order valence-electron chi connectivity index (χ0n) is 11.8. The third-order valence-electron chi connectivity index (χ3n) is 2.48. The molecule has 0 aliphatic rings. The van der Waals surface area contributed by atoms with Gasteiger partial charge in [0.05, 0.1) is 19.9 Å². The maximum atomic E-state index is 12.3. The fraction of sp³-hybridized carbons (Fsp3) is 0.500. The minimum Gasteiger partial charge on any atom is -0.468 e. The molecule has 1 amide bonds. The van der Waals surface area contributed by atoms with Crippen molar-refractivity contribution in [1.29, 1.82) is 0 Å². The van der Waals surface area contributed by atoms with Crippen LogP contribution in [0.1, 0.15) is 22.1 Å². The number of carbonyl (C=O) groups excluding carboxylic acids is 3. The molecule has 8 heteroatoms. The van der Waals surface area contributed by atoms with Gasteiger partial charge >= 0.3 is 11.9 Å². The molecule has 0 aliphatic heterocycles. The second-order valence-corrected chi connectivity index (χ2v) is 3.96. The summed E-state index contributed by atoms with van der Waals surface area (Å²) in [6.45, 7) is 2.42. The second kappa shape index (κ2) is 6.69. The number of oxazole rings is 1. The summed E-state index contributed by atoms with van der Waals surface area (Å²) in [4.78, 5) is 39.8. The highest BCUT2D eigenvalue weighted by atomic mass is 16.5. The normalized spacial score (nSPS) is 10.0. The molecule has 0 radical (unpaired) electrons. The number of esters is 2. The van der Waals surface area contributed by atoms with E-state index in [1.807, 2.05) is 0 Å². The summed E-state index contributed by atoms with van der Waals surface area (Å²) in [5, 5.41) is 0. The van der Waals surface area contributed by atoms with Crippen molar-refractivity contribution >= 4 is 17.8 Å². The fourth-order valence-corrected chi connectivity index (χ4v) is 1.51. The van der Waals surface area contributed by atoms with Crippen LogP contribution in [0.25, 0.3) is 0 Å². The number of carbonyl (C=O) groups is 3. The summed E-state index contributed by atoms with van der Waals surface area (Å²) in [5.41, 5.74) is 0.382. The second-order valence-electron chi connectivity index (χ2n) is 3.96. The number of amides is 1. The molecule has 1 rings (SSSR count). The molecule has 110 valence electrons. The average Bonchev–Trinajstić information content (AvgIpc) is 2.75. The predicted octanol–water partition coefficient (Wildman–Crippen LogP) is 0.0796. The SMILES string of the molecule is COC(=O)CN(CC(=O)OC)C(=O)c1oc(C)nc1C. The van der Waals surface area contributed by atoms with Gasteiger partial charge in [-0.15, -0.1) is 0 Å². The number of nitrogens with zero attached hydrogens (tertiary/aromatic N) is 2. The van der Waals surface area contributed by atoms with E-state index in [2.05, 4.69) is 14.5 Å². The zero-order valence-corrected chi connectivity index (χ0v) is 11.8. The maximum absolute atomic E-state index is 12.3. The van der Waals surface area contributed by atoms with Crippen LogP contribution in [0.3, 0.4) is 0 Å². The summed E-state index contributed by atoms with van der Waals surface area (Å²) in [6, 6.07) is 0. The van der Waals surface area contributed by atoms with Gasteiger partial charge in [-0.25, -0.2) is 4.98 Å². The molecule has 20 heavy (non-hydrogen) atoms. The van der Waals surface area contributed by atoms with Crippen molar-refractivity contribution in [2.45, 2.75) is 13.8 Å². The maximum Gasteiger partial charge on any atom is 0.325 e. The minimum atomic E-state index is -0.656. The van der Waals surface area contributed by atoms with E-state index in [0.29, 0.717) is 11.6 Å². The molecule has 0 atom stereocenters. The Morgan fingerprint density at radius 1 is 1.10 bits per heavy atom. The van der Waals surface area contributed by atoms with E-state index in [9.17, 15) is 14.4 Å². The van der Waals surface area contributed by atoms with E-state index in [0.717, 1.165) is 4.90 Å². The van der Waals surface area contributed by atoms with Crippen LogP contribution < -0.4 is 0 Å². The van der Waals surface area contributed by atoms with Crippen molar-refractivity contribution in [3.8, 4) is 0 Å². The van der Waals surface area contributed by atoms with E-state index in [4.69, 9.17) is 4.42 Å². The van der Waals surface area contributed by atoms with Crippen molar-refractivity contribution in [3.63, 3.8) is 0 Å². The first-order valence-corrected chi connectivity index (χ1v) is 5.76. The van der Waals surface area contributed by atoms with Gasteiger partial charge in [0, 0.05) is 6.92 Å². The molecule has 1 aromatic rings. The Balaban J connectivity index is 2.96. The van der Waals surface area contributed by atoms with Crippen molar-refractivity contribution < 1.29 is 28.3 Å².